The van der Waals surface area contributed by atoms with Gasteiger partial charge in [0.1, 0.15) is 23.7 Å². The van der Waals surface area contributed by atoms with Gasteiger partial charge in [-0.1, -0.05) is 43.3 Å². The average molecular weight is 357 g/mol. The smallest absolute Gasteiger partial charge is 0.198 e. The topological polar surface area (TPSA) is 51.5 Å². The number of fused-ring (bicyclic) bond motifs is 4. The molecule has 3 aromatic carbocycles. The molecule has 0 fully saturated rings. The predicted molar refractivity (Wildman–Crippen MR) is 107 cm³/mol. The summed E-state index contributed by atoms with van der Waals surface area (Å²) in [4.78, 5) is 13.3. The summed E-state index contributed by atoms with van der Waals surface area (Å²) >= 11 is 0. The van der Waals surface area contributed by atoms with Crippen molar-refractivity contribution in [2.45, 2.75) is 6.92 Å². The molecule has 0 spiro atoms. The average Bonchev–Trinajstić information content (AvgIpc) is 3.09. The first-order chi connectivity index (χ1) is 13.3. The van der Waals surface area contributed by atoms with Crippen LogP contribution in [0.25, 0.3) is 33.1 Å². The molecule has 1 heterocycles. The highest BCUT2D eigenvalue weighted by atomic mass is 16.5. The van der Waals surface area contributed by atoms with Crippen LogP contribution in [0.4, 0.5) is 0 Å². The van der Waals surface area contributed by atoms with Crippen molar-refractivity contribution in [3.63, 3.8) is 0 Å². The molecule has 0 aliphatic heterocycles. The third kappa shape index (κ3) is 2.37. The molecule has 4 nitrogen and oxygen atoms in total. The number of likely N-dealkylation sites (N-methyl/N-ethyl adjacent to an activating group) is 1. The number of ketones is 1. The van der Waals surface area contributed by atoms with Crippen LogP contribution >= 0.6 is 0 Å². The van der Waals surface area contributed by atoms with E-state index in [-0.39, 0.29) is 5.78 Å². The van der Waals surface area contributed by atoms with Crippen LogP contribution in [0, 0.1) is 0 Å². The Hall–Kier alpha value is -3.11. The summed E-state index contributed by atoms with van der Waals surface area (Å²) in [6.07, 6.45) is 0. The van der Waals surface area contributed by atoms with Crippen molar-refractivity contribution in [1.82, 2.24) is 5.32 Å². The fourth-order valence-electron chi connectivity index (χ4n) is 3.89. The molecule has 0 bridgehead atoms. The number of ether oxygens (including phenoxy) is 1. The number of rotatable bonds is 5. The number of nitrogens with one attached hydrogen (secondary N) is 1. The highest BCUT2D eigenvalue weighted by molar-refractivity contribution is 6.29. The molecule has 1 aliphatic rings. The molecule has 0 saturated carbocycles. The molecule has 0 atom stereocenters. The van der Waals surface area contributed by atoms with Crippen molar-refractivity contribution in [1.29, 1.82) is 0 Å². The van der Waals surface area contributed by atoms with E-state index in [1.807, 2.05) is 54.6 Å². The highest BCUT2D eigenvalue weighted by Crippen LogP contribution is 2.45. The minimum absolute atomic E-state index is 0.0119. The van der Waals surface area contributed by atoms with Gasteiger partial charge in [0.2, 0.25) is 0 Å². The second-order valence-corrected chi connectivity index (χ2v) is 6.67. The Bertz CT molecular complexity index is 1190. The van der Waals surface area contributed by atoms with E-state index in [2.05, 4.69) is 12.2 Å². The van der Waals surface area contributed by atoms with Crippen LogP contribution in [0.15, 0.2) is 59.0 Å². The Morgan fingerprint density at radius 3 is 2.70 bits per heavy atom. The quantitative estimate of drug-likeness (QED) is 0.460. The van der Waals surface area contributed by atoms with Gasteiger partial charge in [-0.2, -0.15) is 0 Å². The number of carbonyl (C=O) groups excluding carboxylic acids is 1. The van der Waals surface area contributed by atoms with E-state index in [9.17, 15) is 4.79 Å². The maximum absolute atomic E-state index is 13.3. The van der Waals surface area contributed by atoms with E-state index < -0.39 is 0 Å². The summed E-state index contributed by atoms with van der Waals surface area (Å²) < 4.78 is 12.1. The normalized spacial score (nSPS) is 12.6. The zero-order chi connectivity index (χ0) is 18.4. The second-order valence-electron chi connectivity index (χ2n) is 6.67. The van der Waals surface area contributed by atoms with E-state index >= 15 is 0 Å². The third-order valence-corrected chi connectivity index (χ3v) is 5.10. The summed E-state index contributed by atoms with van der Waals surface area (Å²) in [5.74, 6) is 1.46. The Labute approximate surface area is 156 Å². The van der Waals surface area contributed by atoms with Gasteiger partial charge in [-0.25, -0.2) is 0 Å². The van der Waals surface area contributed by atoms with Gasteiger partial charge in [0.25, 0.3) is 0 Å². The van der Waals surface area contributed by atoms with Crippen LogP contribution in [0.2, 0.25) is 0 Å². The fraction of sp³-hybridized carbons (Fsp3) is 0.174. The van der Waals surface area contributed by atoms with Crippen LogP contribution in [0.5, 0.6) is 5.75 Å². The largest absolute Gasteiger partial charge is 0.492 e. The Kier molecular flexibility index (Phi) is 3.73. The fourth-order valence-corrected chi connectivity index (χ4v) is 3.89. The zero-order valence-electron chi connectivity index (χ0n) is 15.0. The monoisotopic (exact) mass is 357 g/mol. The summed E-state index contributed by atoms with van der Waals surface area (Å²) in [6, 6.07) is 17.5. The van der Waals surface area contributed by atoms with Gasteiger partial charge in [-0.3, -0.25) is 4.79 Å². The molecule has 134 valence electrons. The van der Waals surface area contributed by atoms with Gasteiger partial charge < -0.3 is 14.5 Å². The highest BCUT2D eigenvalue weighted by Gasteiger charge is 2.31. The summed E-state index contributed by atoms with van der Waals surface area (Å²) in [5.41, 5.74) is 3.05. The van der Waals surface area contributed by atoms with Crippen molar-refractivity contribution in [3.8, 4) is 17.1 Å². The van der Waals surface area contributed by atoms with Crippen molar-refractivity contribution >= 4 is 27.5 Å². The molecule has 1 N–H and O–H groups in total. The number of hydrogen-bond donors (Lipinski definition) is 1. The van der Waals surface area contributed by atoms with E-state index in [0.717, 1.165) is 46.1 Å². The Balaban J connectivity index is 1.71. The minimum Gasteiger partial charge on any atom is -0.492 e. The van der Waals surface area contributed by atoms with E-state index in [1.165, 1.54) is 0 Å². The first kappa shape index (κ1) is 16.1. The van der Waals surface area contributed by atoms with Crippen molar-refractivity contribution in [2.75, 3.05) is 19.7 Å². The zero-order valence-corrected chi connectivity index (χ0v) is 15.0. The van der Waals surface area contributed by atoms with Crippen LogP contribution < -0.4 is 10.1 Å². The van der Waals surface area contributed by atoms with Gasteiger partial charge in [0, 0.05) is 33.8 Å². The standard InChI is InChI=1S/C23H19NO3/c1-2-24-12-13-26-18-11-10-17-20-14(18)7-5-8-16(20)22(25)21-15-6-3-4-9-19(15)27-23(17)21/h3-11,24H,2,12-13H2,1H3. The van der Waals surface area contributed by atoms with Crippen LogP contribution in [-0.4, -0.2) is 25.5 Å². The number of hydrogen-bond acceptors (Lipinski definition) is 4. The molecule has 5 rings (SSSR count). The Morgan fingerprint density at radius 1 is 0.963 bits per heavy atom. The lowest BCUT2D eigenvalue weighted by atomic mass is 9.85. The molecule has 0 saturated heterocycles. The maximum Gasteiger partial charge on any atom is 0.198 e. The number of para-hydroxylation sites is 1. The molecule has 4 heteroatoms. The van der Waals surface area contributed by atoms with Gasteiger partial charge in [-0.15, -0.1) is 0 Å². The minimum atomic E-state index is 0.0119. The van der Waals surface area contributed by atoms with Crippen molar-refractivity contribution < 1.29 is 13.9 Å². The van der Waals surface area contributed by atoms with Crippen LogP contribution in [-0.2, 0) is 0 Å². The van der Waals surface area contributed by atoms with Crippen LogP contribution in [0.1, 0.15) is 22.8 Å². The predicted octanol–water partition coefficient (Wildman–Crippen LogP) is 4.79. The van der Waals surface area contributed by atoms with Gasteiger partial charge >= 0.3 is 0 Å². The van der Waals surface area contributed by atoms with Crippen molar-refractivity contribution in [3.05, 3.63) is 65.7 Å². The molecule has 27 heavy (non-hydrogen) atoms. The van der Waals surface area contributed by atoms with E-state index in [4.69, 9.17) is 9.15 Å². The SMILES string of the molecule is CCNCCOc1ccc2c3c(cccc13)C(=O)c1c-2oc2ccccc12. The molecule has 4 aromatic rings. The lowest BCUT2D eigenvalue weighted by Crippen LogP contribution is -2.20. The third-order valence-electron chi connectivity index (χ3n) is 5.10. The van der Waals surface area contributed by atoms with Crippen LogP contribution in [0.3, 0.4) is 0 Å². The molecule has 0 unspecified atom stereocenters. The molecule has 0 amide bonds. The maximum atomic E-state index is 13.3. The second kappa shape index (κ2) is 6.25. The molecular formula is C23H19NO3. The number of benzene rings is 3. The van der Waals surface area contributed by atoms with Gasteiger partial charge in [-0.05, 0) is 24.7 Å². The first-order valence-electron chi connectivity index (χ1n) is 9.25. The summed E-state index contributed by atoms with van der Waals surface area (Å²) in [5, 5.41) is 5.98. The summed E-state index contributed by atoms with van der Waals surface area (Å²) in [7, 11) is 0. The molecular weight excluding hydrogens is 338 g/mol. The molecule has 1 aromatic heterocycles. The Morgan fingerprint density at radius 2 is 1.81 bits per heavy atom. The van der Waals surface area contributed by atoms with Crippen molar-refractivity contribution in [2.24, 2.45) is 0 Å². The molecule has 0 radical (unpaired) electrons. The number of carbonyl (C=O) groups is 1. The molecule has 1 aliphatic carbocycles. The lowest BCUT2D eigenvalue weighted by Gasteiger charge is -2.18. The lowest BCUT2D eigenvalue weighted by molar-refractivity contribution is 0.104. The van der Waals surface area contributed by atoms with Gasteiger partial charge in [0.05, 0.1) is 5.56 Å². The first-order valence-corrected chi connectivity index (χ1v) is 9.25. The summed E-state index contributed by atoms with van der Waals surface area (Å²) in [6.45, 7) is 4.35. The van der Waals surface area contributed by atoms with E-state index in [1.54, 1.807) is 0 Å². The van der Waals surface area contributed by atoms with Gasteiger partial charge in [0.15, 0.2) is 5.78 Å². The number of furan rings is 1. The van der Waals surface area contributed by atoms with E-state index in [0.29, 0.717) is 23.5 Å².